The molecule has 0 aromatic carbocycles. The third-order valence-electron chi connectivity index (χ3n) is 2.35. The van der Waals surface area contributed by atoms with E-state index < -0.39 is 5.97 Å². The third-order valence-corrected chi connectivity index (χ3v) is 3.31. The van der Waals surface area contributed by atoms with Crippen LogP contribution in [0.25, 0.3) is 16.2 Å². The van der Waals surface area contributed by atoms with Crippen molar-refractivity contribution in [1.29, 1.82) is 0 Å². The minimum atomic E-state index is -1.07. The molecule has 0 unspecified atom stereocenters. The number of nitrogens with zero attached hydrogens (tertiary/aromatic N) is 4. The minimum absolute atomic E-state index is 0.0616. The maximum absolute atomic E-state index is 11.2. The average Bonchev–Trinajstić information content (AvgIpc) is 2.93. The number of rotatable bonds is 2. The van der Waals surface area contributed by atoms with E-state index in [0.29, 0.717) is 16.2 Å². The average molecular weight is 281 g/mol. The van der Waals surface area contributed by atoms with Crippen molar-refractivity contribution in [3.05, 3.63) is 34.7 Å². The Labute approximate surface area is 109 Å². The third kappa shape index (κ3) is 1.64. The summed E-state index contributed by atoms with van der Waals surface area (Å²) >= 11 is 7.14. The van der Waals surface area contributed by atoms with E-state index in [0.717, 1.165) is 0 Å². The van der Waals surface area contributed by atoms with Gasteiger partial charge in [-0.3, -0.25) is 4.98 Å². The van der Waals surface area contributed by atoms with Gasteiger partial charge in [0.05, 0.1) is 10.4 Å². The van der Waals surface area contributed by atoms with Crippen LogP contribution in [-0.4, -0.2) is 30.7 Å². The summed E-state index contributed by atoms with van der Waals surface area (Å²) in [4.78, 5) is 19.9. The first kappa shape index (κ1) is 11.1. The van der Waals surface area contributed by atoms with E-state index in [1.165, 1.54) is 22.0 Å². The SMILES string of the molecule is O=C(O)c1cnc2cc(Cl)nn2c1-c1cncs1. The van der Waals surface area contributed by atoms with Crippen molar-refractivity contribution < 1.29 is 9.90 Å². The van der Waals surface area contributed by atoms with Crippen LogP contribution in [-0.2, 0) is 0 Å². The number of aromatic nitrogens is 4. The molecule has 3 aromatic rings. The highest BCUT2D eigenvalue weighted by Gasteiger charge is 2.19. The highest BCUT2D eigenvalue weighted by Crippen LogP contribution is 2.27. The van der Waals surface area contributed by atoms with E-state index in [9.17, 15) is 9.90 Å². The fourth-order valence-corrected chi connectivity index (χ4v) is 2.47. The number of carbonyl (C=O) groups is 1. The lowest BCUT2D eigenvalue weighted by molar-refractivity contribution is 0.0696. The van der Waals surface area contributed by atoms with Crippen molar-refractivity contribution in [2.24, 2.45) is 0 Å². The molecule has 6 nitrogen and oxygen atoms in total. The Kier molecular flexibility index (Phi) is 2.49. The molecule has 3 aromatic heterocycles. The van der Waals surface area contributed by atoms with Crippen LogP contribution in [0.2, 0.25) is 5.15 Å². The molecule has 0 spiro atoms. The van der Waals surface area contributed by atoms with Crippen molar-refractivity contribution >= 4 is 34.6 Å². The molecular formula is C10H5ClN4O2S. The normalized spacial score (nSPS) is 10.9. The standard InChI is InChI=1S/C10H5ClN4O2S/c11-7-1-8-13-2-5(10(16)17)9(15(8)14-7)6-3-12-4-18-6/h1-4H,(H,16,17). The van der Waals surface area contributed by atoms with Crippen LogP contribution >= 0.6 is 22.9 Å². The molecule has 0 bridgehead atoms. The van der Waals surface area contributed by atoms with Gasteiger partial charge in [-0.2, -0.15) is 5.10 Å². The summed E-state index contributed by atoms with van der Waals surface area (Å²) in [5.74, 6) is -1.07. The van der Waals surface area contributed by atoms with Gasteiger partial charge in [-0.15, -0.1) is 11.3 Å². The molecule has 0 saturated carbocycles. The number of aromatic carboxylic acids is 1. The number of fused-ring (bicyclic) bond motifs is 1. The number of hydrogen-bond acceptors (Lipinski definition) is 5. The van der Waals surface area contributed by atoms with E-state index in [4.69, 9.17) is 11.6 Å². The lowest BCUT2D eigenvalue weighted by atomic mass is 10.2. The molecule has 0 aliphatic heterocycles. The van der Waals surface area contributed by atoms with Gasteiger partial charge in [0.25, 0.3) is 0 Å². The topological polar surface area (TPSA) is 80.4 Å². The first-order chi connectivity index (χ1) is 8.66. The van der Waals surface area contributed by atoms with E-state index in [-0.39, 0.29) is 10.7 Å². The van der Waals surface area contributed by atoms with Crippen LogP contribution < -0.4 is 0 Å². The van der Waals surface area contributed by atoms with E-state index >= 15 is 0 Å². The fraction of sp³-hybridized carbons (Fsp3) is 0. The fourth-order valence-electron chi connectivity index (χ4n) is 1.63. The Morgan fingerprint density at radius 3 is 2.94 bits per heavy atom. The smallest absolute Gasteiger partial charge is 0.339 e. The summed E-state index contributed by atoms with van der Waals surface area (Å²) in [7, 11) is 0. The zero-order chi connectivity index (χ0) is 12.7. The quantitative estimate of drug-likeness (QED) is 0.778. The van der Waals surface area contributed by atoms with Crippen LogP contribution in [0, 0.1) is 0 Å². The second kappa shape index (κ2) is 4.04. The van der Waals surface area contributed by atoms with Crippen LogP contribution in [0.4, 0.5) is 0 Å². The van der Waals surface area contributed by atoms with Crippen LogP contribution in [0.15, 0.2) is 24.0 Å². The van der Waals surface area contributed by atoms with E-state index in [1.54, 1.807) is 17.8 Å². The molecule has 3 rings (SSSR count). The zero-order valence-corrected chi connectivity index (χ0v) is 10.3. The van der Waals surface area contributed by atoms with Crippen molar-refractivity contribution in [1.82, 2.24) is 19.6 Å². The molecule has 0 radical (unpaired) electrons. The van der Waals surface area contributed by atoms with Crippen molar-refractivity contribution in [2.45, 2.75) is 0 Å². The van der Waals surface area contributed by atoms with Crippen molar-refractivity contribution in [2.75, 3.05) is 0 Å². The highest BCUT2D eigenvalue weighted by atomic mass is 35.5. The monoisotopic (exact) mass is 280 g/mol. The van der Waals surface area contributed by atoms with Crippen LogP contribution in [0.1, 0.15) is 10.4 Å². The first-order valence-corrected chi connectivity index (χ1v) is 6.09. The van der Waals surface area contributed by atoms with Gasteiger partial charge in [0.1, 0.15) is 11.3 Å². The number of halogens is 1. The molecule has 1 N–H and O–H groups in total. The number of carboxylic acids is 1. The summed E-state index contributed by atoms with van der Waals surface area (Å²) in [5.41, 5.74) is 2.61. The lowest BCUT2D eigenvalue weighted by Crippen LogP contribution is -2.06. The molecule has 0 saturated heterocycles. The second-order valence-corrected chi connectivity index (χ2v) is 4.70. The number of thiazole rings is 1. The van der Waals surface area contributed by atoms with Gasteiger partial charge in [0.15, 0.2) is 10.8 Å². The van der Waals surface area contributed by atoms with Gasteiger partial charge >= 0.3 is 5.97 Å². The van der Waals surface area contributed by atoms with Crippen molar-refractivity contribution in [3.63, 3.8) is 0 Å². The Morgan fingerprint density at radius 1 is 1.44 bits per heavy atom. The van der Waals surface area contributed by atoms with Gasteiger partial charge in [-0.25, -0.2) is 14.3 Å². The lowest BCUT2D eigenvalue weighted by Gasteiger charge is -2.05. The summed E-state index contributed by atoms with van der Waals surface area (Å²) in [6.07, 6.45) is 2.88. The largest absolute Gasteiger partial charge is 0.478 e. The Morgan fingerprint density at radius 2 is 2.28 bits per heavy atom. The summed E-state index contributed by atoms with van der Waals surface area (Å²) in [5, 5.41) is 13.5. The highest BCUT2D eigenvalue weighted by molar-refractivity contribution is 7.13. The van der Waals surface area contributed by atoms with E-state index in [1.807, 2.05) is 0 Å². The number of hydrogen-bond donors (Lipinski definition) is 1. The molecule has 0 atom stereocenters. The predicted octanol–water partition coefficient (Wildman–Crippen LogP) is 2.20. The molecular weight excluding hydrogens is 276 g/mol. The number of carboxylic acid groups (broad SMARTS) is 1. The molecule has 18 heavy (non-hydrogen) atoms. The van der Waals surface area contributed by atoms with Gasteiger partial charge in [-0.1, -0.05) is 11.6 Å². The van der Waals surface area contributed by atoms with Gasteiger partial charge in [-0.05, 0) is 0 Å². The van der Waals surface area contributed by atoms with Gasteiger partial charge in [0.2, 0.25) is 0 Å². The van der Waals surface area contributed by atoms with Crippen molar-refractivity contribution in [3.8, 4) is 10.6 Å². The minimum Gasteiger partial charge on any atom is -0.478 e. The molecule has 0 fully saturated rings. The van der Waals surface area contributed by atoms with E-state index in [2.05, 4.69) is 15.1 Å². The van der Waals surface area contributed by atoms with Crippen LogP contribution in [0.3, 0.4) is 0 Å². The van der Waals surface area contributed by atoms with Crippen LogP contribution in [0.5, 0.6) is 0 Å². The maximum atomic E-state index is 11.2. The zero-order valence-electron chi connectivity index (χ0n) is 8.74. The summed E-state index contributed by atoms with van der Waals surface area (Å²) in [6.45, 7) is 0. The molecule has 0 aliphatic carbocycles. The van der Waals surface area contributed by atoms with Gasteiger partial charge < -0.3 is 5.11 Å². The second-order valence-electron chi connectivity index (χ2n) is 3.43. The Bertz CT molecular complexity index is 738. The molecule has 90 valence electrons. The van der Waals surface area contributed by atoms with Gasteiger partial charge in [0, 0.05) is 18.5 Å². The Hall–Kier alpha value is -1.99. The first-order valence-electron chi connectivity index (χ1n) is 4.83. The summed E-state index contributed by atoms with van der Waals surface area (Å²) < 4.78 is 1.42. The predicted molar refractivity (Wildman–Crippen MR) is 66.1 cm³/mol. The molecule has 8 heteroatoms. The summed E-state index contributed by atoms with van der Waals surface area (Å²) in [6, 6.07) is 1.57. The maximum Gasteiger partial charge on any atom is 0.339 e. The Balaban J connectivity index is 2.42. The molecule has 0 amide bonds. The molecule has 3 heterocycles. The molecule has 0 aliphatic rings.